The van der Waals surface area contributed by atoms with Crippen molar-refractivity contribution < 1.29 is 56.0 Å². The third kappa shape index (κ3) is 4.87. The standard InChI is InChI=1S/C9H2F10O3S/c10-7(11,12)3-1-4(8(13,14)15)6(22-23(19,20)21)5(2-3)9(16,17)18/h1-2H. The van der Waals surface area contributed by atoms with Crippen molar-refractivity contribution >= 4 is 10.5 Å². The van der Waals surface area contributed by atoms with E-state index >= 15 is 0 Å². The monoisotopic (exact) mass is 380 g/mol. The molecule has 1 rings (SSSR count). The van der Waals surface area contributed by atoms with Crippen LogP contribution >= 0.6 is 0 Å². The van der Waals surface area contributed by atoms with Crippen LogP contribution in [0.3, 0.4) is 0 Å². The van der Waals surface area contributed by atoms with Crippen molar-refractivity contribution in [2.45, 2.75) is 18.5 Å². The van der Waals surface area contributed by atoms with Gasteiger partial charge in [-0.1, -0.05) is 3.89 Å². The third-order valence-corrected chi connectivity index (χ3v) is 2.58. The Hall–Kier alpha value is -1.73. The number of alkyl halides is 9. The van der Waals surface area contributed by atoms with Gasteiger partial charge in [0.05, 0.1) is 5.56 Å². The van der Waals surface area contributed by atoms with Crippen molar-refractivity contribution in [3.05, 3.63) is 28.8 Å². The van der Waals surface area contributed by atoms with Crippen LogP contribution in [0, 0.1) is 0 Å². The molecule has 0 unspecified atom stereocenters. The highest BCUT2D eigenvalue weighted by Crippen LogP contribution is 2.47. The molecule has 0 aliphatic heterocycles. The fourth-order valence-corrected chi connectivity index (χ4v) is 1.78. The summed E-state index contributed by atoms with van der Waals surface area (Å²) in [5.74, 6) is -2.64. The molecule has 1 aromatic carbocycles. The van der Waals surface area contributed by atoms with Crippen LogP contribution < -0.4 is 4.18 Å². The molecule has 0 spiro atoms. The SMILES string of the molecule is O=S(=O)(F)Oc1c(C(F)(F)F)cc(C(F)(F)F)cc1C(F)(F)F. The van der Waals surface area contributed by atoms with E-state index in [1.165, 1.54) is 0 Å². The van der Waals surface area contributed by atoms with Gasteiger partial charge in [0.25, 0.3) is 0 Å². The van der Waals surface area contributed by atoms with Gasteiger partial charge in [-0.05, 0) is 12.1 Å². The summed E-state index contributed by atoms with van der Waals surface area (Å²) in [6, 6.07) is -1.65. The Kier molecular flexibility index (Phi) is 4.55. The maximum Gasteiger partial charge on any atom is 0.488 e. The Morgan fingerprint density at radius 1 is 0.739 bits per heavy atom. The first kappa shape index (κ1) is 19.3. The molecular weight excluding hydrogens is 378 g/mol. The van der Waals surface area contributed by atoms with Gasteiger partial charge in [-0.25, -0.2) is 0 Å². The minimum atomic E-state index is -6.37. The molecule has 0 saturated carbocycles. The van der Waals surface area contributed by atoms with E-state index in [0.29, 0.717) is 0 Å². The van der Waals surface area contributed by atoms with Gasteiger partial charge in [-0.15, -0.1) is 0 Å². The van der Waals surface area contributed by atoms with E-state index in [2.05, 4.69) is 4.18 Å². The van der Waals surface area contributed by atoms with E-state index in [1.807, 2.05) is 0 Å². The average molecular weight is 380 g/mol. The van der Waals surface area contributed by atoms with Crippen LogP contribution in [-0.4, -0.2) is 8.42 Å². The molecule has 0 N–H and O–H groups in total. The van der Waals surface area contributed by atoms with Crippen LogP contribution in [-0.2, 0) is 29.0 Å². The Morgan fingerprint density at radius 3 is 1.30 bits per heavy atom. The summed E-state index contributed by atoms with van der Waals surface area (Å²) in [4.78, 5) is 0. The second kappa shape index (κ2) is 5.42. The van der Waals surface area contributed by atoms with Crippen LogP contribution in [0.1, 0.15) is 16.7 Å². The first-order chi connectivity index (χ1) is 9.93. The molecule has 0 fully saturated rings. The third-order valence-electron chi connectivity index (χ3n) is 2.21. The molecule has 3 nitrogen and oxygen atoms in total. The van der Waals surface area contributed by atoms with Crippen molar-refractivity contribution in [1.29, 1.82) is 0 Å². The predicted octanol–water partition coefficient (Wildman–Crippen LogP) is 4.34. The van der Waals surface area contributed by atoms with E-state index < -0.39 is 63.6 Å². The van der Waals surface area contributed by atoms with Crippen LogP contribution in [0.25, 0.3) is 0 Å². The molecule has 0 amide bonds. The van der Waals surface area contributed by atoms with Crippen LogP contribution in [0.4, 0.5) is 43.4 Å². The zero-order valence-corrected chi connectivity index (χ0v) is 10.9. The summed E-state index contributed by atoms with van der Waals surface area (Å²) >= 11 is 0. The summed E-state index contributed by atoms with van der Waals surface area (Å²) in [7, 11) is -6.37. The number of rotatable bonds is 2. The van der Waals surface area contributed by atoms with Gasteiger partial charge in [0.2, 0.25) is 0 Å². The van der Waals surface area contributed by atoms with Crippen LogP contribution in [0.15, 0.2) is 12.1 Å². The number of benzene rings is 1. The largest absolute Gasteiger partial charge is 0.488 e. The highest BCUT2D eigenvalue weighted by Gasteiger charge is 2.46. The molecular formula is C9H2F10O3S. The molecule has 0 aliphatic rings. The summed E-state index contributed by atoms with van der Waals surface area (Å²) in [5, 5.41) is 0. The highest BCUT2D eigenvalue weighted by atomic mass is 32.3. The maximum atomic E-state index is 12.6. The molecule has 0 heterocycles. The molecule has 23 heavy (non-hydrogen) atoms. The summed E-state index contributed by atoms with van der Waals surface area (Å²) in [5.41, 5.74) is -7.87. The molecule has 0 aliphatic carbocycles. The van der Waals surface area contributed by atoms with Crippen molar-refractivity contribution in [2.24, 2.45) is 0 Å². The predicted molar refractivity (Wildman–Crippen MR) is 52.1 cm³/mol. The topological polar surface area (TPSA) is 43.4 Å². The van der Waals surface area contributed by atoms with E-state index in [4.69, 9.17) is 0 Å². The smallest absolute Gasteiger partial charge is 0.357 e. The van der Waals surface area contributed by atoms with Crippen molar-refractivity contribution in [1.82, 2.24) is 0 Å². The lowest BCUT2D eigenvalue weighted by Gasteiger charge is -2.19. The minimum absolute atomic E-state index is 0.824. The van der Waals surface area contributed by atoms with Gasteiger partial charge < -0.3 is 4.18 Å². The molecule has 0 bridgehead atoms. The number of hydrogen-bond acceptors (Lipinski definition) is 3. The van der Waals surface area contributed by atoms with Crippen molar-refractivity contribution in [2.75, 3.05) is 0 Å². The van der Waals surface area contributed by atoms with Crippen molar-refractivity contribution in [3.63, 3.8) is 0 Å². The second-order valence-electron chi connectivity index (χ2n) is 3.87. The zero-order valence-electron chi connectivity index (χ0n) is 10.1. The first-order valence-corrected chi connectivity index (χ1v) is 6.27. The van der Waals surface area contributed by atoms with Gasteiger partial charge in [0, 0.05) is 0 Å². The van der Waals surface area contributed by atoms with Gasteiger partial charge in [-0.3, -0.25) is 0 Å². The lowest BCUT2D eigenvalue weighted by Crippen LogP contribution is -2.19. The lowest BCUT2D eigenvalue weighted by molar-refractivity contribution is -0.149. The van der Waals surface area contributed by atoms with Gasteiger partial charge in [0.15, 0.2) is 5.75 Å². The van der Waals surface area contributed by atoms with Crippen molar-refractivity contribution in [3.8, 4) is 5.75 Å². The average Bonchev–Trinajstić information content (AvgIpc) is 2.21. The Bertz CT molecular complexity index is 663. The van der Waals surface area contributed by atoms with Gasteiger partial charge in [-0.2, -0.15) is 47.9 Å². The fraction of sp³-hybridized carbons (Fsp3) is 0.333. The lowest BCUT2D eigenvalue weighted by atomic mass is 10.0. The Labute approximate surface area is 120 Å². The number of halogens is 10. The summed E-state index contributed by atoms with van der Waals surface area (Å²) < 4.78 is 149. The molecule has 0 aromatic heterocycles. The van der Waals surface area contributed by atoms with Gasteiger partial charge >= 0.3 is 29.0 Å². The van der Waals surface area contributed by atoms with E-state index in [0.717, 1.165) is 0 Å². The molecule has 0 radical (unpaired) electrons. The Morgan fingerprint density at radius 2 is 1.09 bits per heavy atom. The van der Waals surface area contributed by atoms with Gasteiger partial charge in [0.1, 0.15) is 11.1 Å². The highest BCUT2D eigenvalue weighted by molar-refractivity contribution is 7.81. The summed E-state index contributed by atoms with van der Waals surface area (Å²) in [6.45, 7) is 0. The van der Waals surface area contributed by atoms with Crippen LogP contribution in [0.2, 0.25) is 0 Å². The molecule has 14 heteroatoms. The Balaban J connectivity index is 3.90. The van der Waals surface area contributed by atoms with E-state index in [9.17, 15) is 51.8 Å². The van der Waals surface area contributed by atoms with E-state index in [-0.39, 0.29) is 0 Å². The molecule has 132 valence electrons. The molecule has 0 saturated heterocycles. The number of hydrogen-bond donors (Lipinski definition) is 0. The molecule has 1 aromatic rings. The second-order valence-corrected chi connectivity index (χ2v) is 4.82. The van der Waals surface area contributed by atoms with E-state index in [1.54, 1.807) is 0 Å². The molecule has 0 atom stereocenters. The normalized spacial score (nSPS) is 14.0. The first-order valence-electron chi connectivity index (χ1n) is 4.96. The fourth-order valence-electron chi connectivity index (χ4n) is 1.40. The minimum Gasteiger partial charge on any atom is -0.357 e. The maximum absolute atomic E-state index is 12.6. The quantitative estimate of drug-likeness (QED) is 0.567. The zero-order chi connectivity index (χ0) is 18.4. The summed E-state index contributed by atoms with van der Waals surface area (Å²) in [6.07, 6.45) is -17.4. The van der Waals surface area contributed by atoms with Crippen LogP contribution in [0.5, 0.6) is 5.75 Å².